The number of anilines is 1. The molecule has 2 aromatic carbocycles. The molecule has 34 heavy (non-hydrogen) atoms. The second-order valence-electron chi connectivity index (χ2n) is 7.69. The third kappa shape index (κ3) is 3.58. The molecule has 1 atom stereocenters. The first-order valence-electron chi connectivity index (χ1n) is 10.5. The lowest BCUT2D eigenvalue weighted by Crippen LogP contribution is -2.30. The van der Waals surface area contributed by atoms with Crippen LogP contribution in [0.2, 0.25) is 0 Å². The van der Waals surface area contributed by atoms with E-state index in [9.17, 15) is 14.7 Å². The largest absolute Gasteiger partial charge is 0.503 e. The third-order valence-corrected chi connectivity index (χ3v) is 6.83. The SMILES string of the molecule is COc1cccc(N2C(=O)C(O)=C(C(=O)c3sc(-c4ccccc4)nc3C)C2c2ccco2)c1. The van der Waals surface area contributed by atoms with Gasteiger partial charge in [0.1, 0.15) is 22.6 Å². The second kappa shape index (κ2) is 8.64. The molecule has 0 saturated carbocycles. The van der Waals surface area contributed by atoms with Crippen LogP contribution in [0.1, 0.15) is 27.2 Å². The van der Waals surface area contributed by atoms with Crippen LogP contribution < -0.4 is 9.64 Å². The van der Waals surface area contributed by atoms with E-state index in [0.717, 1.165) is 5.56 Å². The van der Waals surface area contributed by atoms with Crippen LogP contribution in [-0.4, -0.2) is 28.9 Å². The van der Waals surface area contributed by atoms with Gasteiger partial charge in [0.05, 0.1) is 29.5 Å². The number of aliphatic hydroxyl groups excluding tert-OH is 1. The number of carbonyl (C=O) groups is 2. The lowest BCUT2D eigenvalue weighted by atomic mass is 9.99. The number of thiazole rings is 1. The number of hydrogen-bond acceptors (Lipinski definition) is 7. The Morgan fingerprint density at radius 1 is 1.12 bits per heavy atom. The summed E-state index contributed by atoms with van der Waals surface area (Å²) >= 11 is 1.23. The second-order valence-corrected chi connectivity index (χ2v) is 8.68. The van der Waals surface area contributed by atoms with Gasteiger partial charge in [0, 0.05) is 17.3 Å². The topological polar surface area (TPSA) is 92.9 Å². The summed E-state index contributed by atoms with van der Waals surface area (Å²) in [4.78, 5) is 33.3. The molecular weight excluding hydrogens is 452 g/mol. The summed E-state index contributed by atoms with van der Waals surface area (Å²) in [5.74, 6) is -0.871. The molecule has 1 amide bonds. The third-order valence-electron chi connectivity index (χ3n) is 5.62. The van der Waals surface area contributed by atoms with Crippen LogP contribution >= 0.6 is 11.3 Å². The molecule has 2 aromatic heterocycles. The highest BCUT2D eigenvalue weighted by Crippen LogP contribution is 2.44. The lowest BCUT2D eigenvalue weighted by Gasteiger charge is -2.25. The zero-order valence-electron chi connectivity index (χ0n) is 18.4. The molecule has 0 radical (unpaired) electrons. The zero-order valence-corrected chi connectivity index (χ0v) is 19.2. The van der Waals surface area contributed by atoms with Crippen molar-refractivity contribution in [1.29, 1.82) is 0 Å². The van der Waals surface area contributed by atoms with Crippen LogP contribution in [0.4, 0.5) is 5.69 Å². The van der Waals surface area contributed by atoms with Gasteiger partial charge >= 0.3 is 0 Å². The fourth-order valence-electron chi connectivity index (χ4n) is 4.01. The molecule has 5 rings (SSSR count). The molecule has 3 heterocycles. The normalized spacial score (nSPS) is 15.8. The number of aryl methyl sites for hydroxylation is 1. The quantitative estimate of drug-likeness (QED) is 0.372. The first-order chi connectivity index (χ1) is 16.5. The summed E-state index contributed by atoms with van der Waals surface area (Å²) in [7, 11) is 1.52. The van der Waals surface area contributed by atoms with Crippen molar-refractivity contribution in [3.63, 3.8) is 0 Å². The summed E-state index contributed by atoms with van der Waals surface area (Å²) in [5, 5.41) is 11.6. The monoisotopic (exact) mass is 472 g/mol. The summed E-state index contributed by atoms with van der Waals surface area (Å²) in [5.41, 5.74) is 1.83. The van der Waals surface area contributed by atoms with Crippen molar-refractivity contribution in [2.75, 3.05) is 12.0 Å². The number of Topliss-reactive ketones (excluding diaryl/α,β-unsaturated/α-hetero) is 1. The number of ether oxygens (including phenoxy) is 1. The molecule has 1 aliphatic heterocycles. The minimum absolute atomic E-state index is 0.0471. The first kappa shape index (κ1) is 21.7. The van der Waals surface area contributed by atoms with Crippen molar-refractivity contribution in [2.45, 2.75) is 13.0 Å². The van der Waals surface area contributed by atoms with Crippen LogP contribution in [0.25, 0.3) is 10.6 Å². The van der Waals surface area contributed by atoms with E-state index in [-0.39, 0.29) is 5.57 Å². The molecule has 8 heteroatoms. The van der Waals surface area contributed by atoms with E-state index in [2.05, 4.69) is 4.98 Å². The van der Waals surface area contributed by atoms with Crippen LogP contribution in [0.15, 0.2) is 88.7 Å². The molecular formula is C26H20N2O5S. The highest BCUT2D eigenvalue weighted by Gasteiger charge is 2.46. The fourth-order valence-corrected chi connectivity index (χ4v) is 5.04. The van der Waals surface area contributed by atoms with Gasteiger partial charge < -0.3 is 14.3 Å². The molecule has 0 aliphatic carbocycles. The number of carbonyl (C=O) groups excluding carboxylic acids is 2. The van der Waals surface area contributed by atoms with Crippen molar-refractivity contribution in [3.05, 3.63) is 101 Å². The average Bonchev–Trinajstić information content (AvgIpc) is 3.58. The Bertz CT molecular complexity index is 1410. The Morgan fingerprint density at radius 2 is 1.91 bits per heavy atom. The molecule has 1 aliphatic rings. The maximum absolute atomic E-state index is 13.8. The van der Waals surface area contributed by atoms with E-state index in [1.54, 1.807) is 43.3 Å². The standard InChI is InChI=1S/C26H20N2O5S/c1-15-24(34-25(27-15)16-8-4-3-5-9-16)22(29)20-21(19-12-7-13-33-19)28(26(31)23(20)30)17-10-6-11-18(14-17)32-2/h3-14,21,30H,1-2H3. The minimum Gasteiger partial charge on any atom is -0.503 e. The van der Waals surface area contributed by atoms with Crippen molar-refractivity contribution in [1.82, 2.24) is 4.98 Å². The van der Waals surface area contributed by atoms with Gasteiger partial charge in [-0.2, -0.15) is 0 Å². The summed E-state index contributed by atoms with van der Waals surface area (Å²) in [6.07, 6.45) is 1.46. The summed E-state index contributed by atoms with van der Waals surface area (Å²) in [6, 6.07) is 18.8. The number of furan rings is 1. The van der Waals surface area contributed by atoms with Gasteiger partial charge in [-0.25, -0.2) is 4.98 Å². The van der Waals surface area contributed by atoms with Gasteiger partial charge in [-0.1, -0.05) is 36.4 Å². The number of nitrogens with zero attached hydrogens (tertiary/aromatic N) is 2. The number of amides is 1. The predicted molar refractivity (Wildman–Crippen MR) is 128 cm³/mol. The smallest absolute Gasteiger partial charge is 0.294 e. The maximum Gasteiger partial charge on any atom is 0.294 e. The molecule has 1 unspecified atom stereocenters. The Morgan fingerprint density at radius 3 is 2.62 bits per heavy atom. The number of hydrogen-bond donors (Lipinski definition) is 1. The summed E-state index contributed by atoms with van der Waals surface area (Å²) < 4.78 is 10.9. The van der Waals surface area contributed by atoms with Crippen molar-refractivity contribution in [3.8, 4) is 16.3 Å². The van der Waals surface area contributed by atoms with Crippen LogP contribution in [0, 0.1) is 6.92 Å². The zero-order chi connectivity index (χ0) is 23.8. The van der Waals surface area contributed by atoms with Gasteiger partial charge in [-0.3, -0.25) is 14.5 Å². The number of ketones is 1. The van der Waals surface area contributed by atoms with E-state index in [4.69, 9.17) is 9.15 Å². The van der Waals surface area contributed by atoms with Crippen LogP contribution in [-0.2, 0) is 4.79 Å². The van der Waals surface area contributed by atoms with Crippen molar-refractivity contribution < 1.29 is 23.8 Å². The van der Waals surface area contributed by atoms with E-state index in [1.807, 2.05) is 30.3 Å². The molecule has 0 spiro atoms. The predicted octanol–water partition coefficient (Wildman–Crippen LogP) is 5.50. The molecule has 0 saturated heterocycles. The molecule has 7 nitrogen and oxygen atoms in total. The molecule has 0 fully saturated rings. The average molecular weight is 473 g/mol. The number of benzene rings is 2. The van der Waals surface area contributed by atoms with Crippen molar-refractivity contribution >= 4 is 28.7 Å². The Labute approximate surface area is 199 Å². The maximum atomic E-state index is 13.8. The highest BCUT2D eigenvalue weighted by molar-refractivity contribution is 7.17. The minimum atomic E-state index is -0.941. The van der Waals surface area contributed by atoms with Gasteiger partial charge in [-0.05, 0) is 31.2 Å². The van der Waals surface area contributed by atoms with E-state index < -0.39 is 23.5 Å². The van der Waals surface area contributed by atoms with Gasteiger partial charge in [-0.15, -0.1) is 11.3 Å². The number of rotatable bonds is 6. The summed E-state index contributed by atoms with van der Waals surface area (Å²) in [6.45, 7) is 1.74. The van der Waals surface area contributed by atoms with E-state index in [0.29, 0.717) is 32.8 Å². The number of aromatic nitrogens is 1. The van der Waals surface area contributed by atoms with Gasteiger partial charge in [0.15, 0.2) is 5.76 Å². The Balaban J connectivity index is 1.61. The van der Waals surface area contributed by atoms with Crippen LogP contribution in [0.3, 0.4) is 0 Å². The van der Waals surface area contributed by atoms with Crippen LogP contribution in [0.5, 0.6) is 5.75 Å². The van der Waals surface area contributed by atoms with Crippen molar-refractivity contribution in [2.24, 2.45) is 0 Å². The first-order valence-corrected chi connectivity index (χ1v) is 11.3. The number of methoxy groups -OCH3 is 1. The Kier molecular flexibility index (Phi) is 5.51. The molecule has 0 bridgehead atoms. The van der Waals surface area contributed by atoms with Gasteiger partial charge in [0.2, 0.25) is 5.78 Å². The van der Waals surface area contributed by atoms with E-state index in [1.165, 1.54) is 29.6 Å². The Hall–Kier alpha value is -4.17. The fraction of sp³-hybridized carbons (Fsp3) is 0.115. The molecule has 170 valence electrons. The molecule has 4 aromatic rings. The lowest BCUT2D eigenvalue weighted by molar-refractivity contribution is -0.117. The van der Waals surface area contributed by atoms with E-state index >= 15 is 0 Å². The highest BCUT2D eigenvalue weighted by atomic mass is 32.1. The number of aliphatic hydroxyl groups is 1. The molecule has 1 N–H and O–H groups in total. The van der Waals surface area contributed by atoms with Gasteiger partial charge in [0.25, 0.3) is 5.91 Å².